The van der Waals surface area contributed by atoms with Crippen LogP contribution in [0.5, 0.6) is 0 Å². The third kappa shape index (κ3) is 3.97. The van der Waals surface area contributed by atoms with E-state index in [0.717, 1.165) is 30.3 Å². The molecule has 3 aromatic rings. The van der Waals surface area contributed by atoms with Crippen molar-refractivity contribution in [2.45, 2.75) is 45.1 Å². The molecule has 11 heteroatoms. The van der Waals surface area contributed by atoms with Gasteiger partial charge in [-0.05, 0) is 26.3 Å². The zero-order valence-electron chi connectivity index (χ0n) is 18.4. The SMILES string of the molecule is Cc1cc(N2CC(C)NC(C3=CCN=C3)C2C)nc(-c2cnc3cnc(C(F)(F)F)cn23)n1. The summed E-state index contributed by atoms with van der Waals surface area (Å²) in [7, 11) is 0. The second-order valence-electron chi connectivity index (χ2n) is 8.47. The van der Waals surface area contributed by atoms with Gasteiger partial charge in [0.05, 0.1) is 25.0 Å². The van der Waals surface area contributed by atoms with Crippen molar-refractivity contribution in [3.63, 3.8) is 0 Å². The average molecular weight is 456 g/mol. The smallest absolute Gasteiger partial charge is 0.350 e. The third-order valence-electron chi connectivity index (χ3n) is 5.99. The topological polar surface area (TPSA) is 83.6 Å². The van der Waals surface area contributed by atoms with E-state index < -0.39 is 11.9 Å². The molecule has 3 unspecified atom stereocenters. The number of nitrogens with one attached hydrogen (secondary N) is 1. The highest BCUT2D eigenvalue weighted by molar-refractivity contribution is 5.83. The molecule has 3 aromatic heterocycles. The monoisotopic (exact) mass is 456 g/mol. The fraction of sp³-hybridized carbons (Fsp3) is 0.409. The highest BCUT2D eigenvalue weighted by Gasteiger charge is 2.35. The quantitative estimate of drug-likeness (QED) is 0.652. The zero-order valence-corrected chi connectivity index (χ0v) is 18.4. The van der Waals surface area contributed by atoms with Gasteiger partial charge in [0, 0.05) is 42.8 Å². The highest BCUT2D eigenvalue weighted by Crippen LogP contribution is 2.30. The fourth-order valence-electron chi connectivity index (χ4n) is 4.41. The molecule has 3 atom stereocenters. The molecule has 5 rings (SSSR count). The average Bonchev–Trinajstić information content (AvgIpc) is 3.43. The molecule has 5 heterocycles. The van der Waals surface area contributed by atoms with Crippen molar-refractivity contribution in [2.75, 3.05) is 18.0 Å². The number of aliphatic imine (C=N–C) groups is 1. The van der Waals surface area contributed by atoms with Gasteiger partial charge in [-0.1, -0.05) is 6.08 Å². The maximum atomic E-state index is 13.2. The maximum Gasteiger partial charge on any atom is 0.434 e. The Morgan fingerprint density at radius 1 is 1.12 bits per heavy atom. The Kier molecular flexibility index (Phi) is 5.15. The summed E-state index contributed by atoms with van der Waals surface area (Å²) in [5.74, 6) is 1.03. The van der Waals surface area contributed by atoms with Crippen molar-refractivity contribution in [2.24, 2.45) is 4.99 Å². The first kappa shape index (κ1) is 21.5. The molecule has 1 N–H and O–H groups in total. The third-order valence-corrected chi connectivity index (χ3v) is 5.99. The van der Waals surface area contributed by atoms with Crippen molar-refractivity contribution in [3.8, 4) is 11.5 Å². The summed E-state index contributed by atoms with van der Waals surface area (Å²) in [5.41, 5.74) is 1.54. The van der Waals surface area contributed by atoms with E-state index in [4.69, 9.17) is 4.98 Å². The van der Waals surface area contributed by atoms with E-state index in [1.807, 2.05) is 19.2 Å². The Hall–Kier alpha value is -3.34. The lowest BCUT2D eigenvalue weighted by Crippen LogP contribution is -2.61. The molecule has 1 fully saturated rings. The number of hydrogen-bond acceptors (Lipinski definition) is 7. The van der Waals surface area contributed by atoms with Gasteiger partial charge in [0.2, 0.25) is 0 Å². The molecule has 0 radical (unpaired) electrons. The van der Waals surface area contributed by atoms with Gasteiger partial charge in [-0.25, -0.2) is 19.9 Å². The summed E-state index contributed by atoms with van der Waals surface area (Å²) in [6.07, 6.45) is 2.97. The number of rotatable bonds is 3. The van der Waals surface area contributed by atoms with Gasteiger partial charge in [0.1, 0.15) is 11.5 Å². The molecule has 172 valence electrons. The largest absolute Gasteiger partial charge is 0.434 e. The molecule has 0 saturated carbocycles. The molecule has 0 spiro atoms. The van der Waals surface area contributed by atoms with Crippen molar-refractivity contribution in [1.29, 1.82) is 0 Å². The van der Waals surface area contributed by atoms with E-state index in [1.165, 1.54) is 10.6 Å². The first-order valence-electron chi connectivity index (χ1n) is 10.7. The van der Waals surface area contributed by atoms with E-state index >= 15 is 0 Å². The molecule has 0 bridgehead atoms. The van der Waals surface area contributed by atoms with Crippen LogP contribution in [0.3, 0.4) is 0 Å². The van der Waals surface area contributed by atoms with E-state index in [9.17, 15) is 13.2 Å². The minimum atomic E-state index is -4.56. The highest BCUT2D eigenvalue weighted by atomic mass is 19.4. The second-order valence-corrected chi connectivity index (χ2v) is 8.47. The number of alkyl halides is 3. The molecule has 1 saturated heterocycles. The minimum Gasteiger partial charge on any atom is -0.350 e. The van der Waals surface area contributed by atoms with Gasteiger partial charge in [-0.3, -0.25) is 9.39 Å². The van der Waals surface area contributed by atoms with Crippen molar-refractivity contribution in [1.82, 2.24) is 29.7 Å². The van der Waals surface area contributed by atoms with Crippen LogP contribution in [-0.4, -0.2) is 61.8 Å². The summed E-state index contributed by atoms with van der Waals surface area (Å²) >= 11 is 0. The molecule has 0 amide bonds. The van der Waals surface area contributed by atoms with Crippen molar-refractivity contribution in [3.05, 3.63) is 47.7 Å². The van der Waals surface area contributed by atoms with Gasteiger partial charge in [-0.15, -0.1) is 0 Å². The number of imidazole rings is 1. The van der Waals surface area contributed by atoms with E-state index in [1.54, 1.807) is 0 Å². The van der Waals surface area contributed by atoms with E-state index in [0.29, 0.717) is 29.4 Å². The lowest BCUT2D eigenvalue weighted by molar-refractivity contribution is -0.141. The molecular formula is C22H23F3N8. The van der Waals surface area contributed by atoms with Crippen LogP contribution < -0.4 is 10.2 Å². The lowest BCUT2D eigenvalue weighted by Gasteiger charge is -2.44. The van der Waals surface area contributed by atoms with E-state index in [-0.39, 0.29) is 18.1 Å². The number of halogens is 3. The summed E-state index contributed by atoms with van der Waals surface area (Å²) < 4.78 is 41.0. The van der Waals surface area contributed by atoms with E-state index in [2.05, 4.69) is 50.1 Å². The number of aromatic nitrogens is 5. The normalized spacial score (nSPS) is 23.4. The molecule has 33 heavy (non-hydrogen) atoms. The lowest BCUT2D eigenvalue weighted by atomic mass is 9.95. The standard InChI is InChI=1S/C22H23F3N8/c1-12-6-18(32-10-13(2)29-20(14(32)3)15-4-5-26-7-15)31-21(30-12)16-8-28-19-9-27-17(11-33(16)19)22(23,24)25/h4,6-9,11,13-14,20,29H,5,10H2,1-3H3. The summed E-state index contributed by atoms with van der Waals surface area (Å²) in [6, 6.07) is 2.28. The van der Waals surface area contributed by atoms with Gasteiger partial charge in [-0.2, -0.15) is 13.2 Å². The minimum absolute atomic E-state index is 0.0855. The summed E-state index contributed by atoms with van der Waals surface area (Å²) in [4.78, 5) is 23.5. The number of aryl methyl sites for hydroxylation is 1. The van der Waals surface area contributed by atoms with Gasteiger partial charge in [0.15, 0.2) is 17.2 Å². The molecule has 2 aliphatic heterocycles. The predicted octanol–water partition coefficient (Wildman–Crippen LogP) is 3.08. The summed E-state index contributed by atoms with van der Waals surface area (Å²) in [5, 5.41) is 3.64. The number of piperazine rings is 1. The number of fused-ring (bicyclic) bond motifs is 1. The van der Waals surface area contributed by atoms with Gasteiger partial charge in [0.25, 0.3) is 0 Å². The Morgan fingerprint density at radius 3 is 2.67 bits per heavy atom. The van der Waals surface area contributed by atoms with Gasteiger partial charge >= 0.3 is 6.18 Å². The number of anilines is 1. The van der Waals surface area contributed by atoms with Crippen molar-refractivity contribution < 1.29 is 13.2 Å². The molecular weight excluding hydrogens is 433 g/mol. The number of hydrogen-bond donors (Lipinski definition) is 1. The summed E-state index contributed by atoms with van der Waals surface area (Å²) in [6.45, 7) is 7.51. The Labute approximate surface area is 188 Å². The van der Waals surface area contributed by atoms with Gasteiger partial charge < -0.3 is 10.2 Å². The Morgan fingerprint density at radius 2 is 1.94 bits per heavy atom. The molecule has 8 nitrogen and oxygen atoms in total. The molecule has 0 aromatic carbocycles. The van der Waals surface area contributed by atoms with Crippen LogP contribution in [-0.2, 0) is 6.18 Å². The zero-order chi connectivity index (χ0) is 23.3. The van der Waals surface area contributed by atoms with Crippen LogP contribution in [0.25, 0.3) is 17.2 Å². The molecule has 2 aliphatic rings. The fourth-order valence-corrected chi connectivity index (χ4v) is 4.41. The predicted molar refractivity (Wildman–Crippen MR) is 118 cm³/mol. The van der Waals surface area contributed by atoms with Crippen molar-refractivity contribution >= 4 is 17.7 Å². The first-order valence-corrected chi connectivity index (χ1v) is 10.7. The van der Waals surface area contributed by atoms with Crippen LogP contribution in [0.1, 0.15) is 25.2 Å². The maximum absolute atomic E-state index is 13.2. The van der Waals surface area contributed by atoms with Crippen LogP contribution in [0.15, 0.2) is 41.3 Å². The van der Waals surface area contributed by atoms with Crippen LogP contribution in [0.4, 0.5) is 19.0 Å². The number of nitrogens with zero attached hydrogens (tertiary/aromatic N) is 7. The van der Waals surface area contributed by atoms with Crippen LogP contribution >= 0.6 is 0 Å². The Bertz CT molecular complexity index is 1260. The second kappa shape index (κ2) is 7.91. The first-order chi connectivity index (χ1) is 15.7. The Balaban J connectivity index is 1.56. The van der Waals surface area contributed by atoms with Crippen LogP contribution in [0, 0.1) is 6.92 Å². The molecule has 0 aliphatic carbocycles. The van der Waals surface area contributed by atoms with Crippen LogP contribution in [0.2, 0.25) is 0 Å².